The van der Waals surface area contributed by atoms with Gasteiger partial charge in [-0.15, -0.1) is 0 Å². The summed E-state index contributed by atoms with van der Waals surface area (Å²) >= 11 is 0. The number of hydrazone groups is 1. The molecule has 1 unspecified atom stereocenters. The Morgan fingerprint density at radius 2 is 2.00 bits per heavy atom. The molecule has 1 aromatic rings. The fraction of sp³-hybridized carbons (Fsp3) is 0.333. The maximum Gasteiger partial charge on any atom is 1.00 e. The number of nitrogens with one attached hydrogen (secondary N) is 1. The Morgan fingerprint density at radius 3 is 2.53 bits per heavy atom. The Balaban J connectivity index is 0.00000256. The van der Waals surface area contributed by atoms with Crippen LogP contribution in [0.1, 0.15) is 19.4 Å². The molecule has 1 aromatic carbocycles. The van der Waals surface area contributed by atoms with E-state index in [1.807, 2.05) is 37.3 Å². The van der Waals surface area contributed by atoms with Gasteiger partial charge in [0.1, 0.15) is 0 Å². The molecule has 0 saturated carbocycles. The molecule has 0 heterocycles. The molecule has 0 amide bonds. The molecule has 0 bridgehead atoms. The first-order valence-corrected chi connectivity index (χ1v) is 5.14. The number of carbonyl (C=O) groups excluding carboxylic acids is 1. The first-order valence-electron chi connectivity index (χ1n) is 5.14. The van der Waals surface area contributed by atoms with E-state index in [0.29, 0.717) is 0 Å². The van der Waals surface area contributed by atoms with Crippen molar-refractivity contribution in [2.75, 3.05) is 0 Å². The van der Waals surface area contributed by atoms with Crippen LogP contribution in [0.25, 0.3) is 0 Å². The van der Waals surface area contributed by atoms with Gasteiger partial charge in [0.2, 0.25) is 0 Å². The van der Waals surface area contributed by atoms with E-state index in [2.05, 4.69) is 10.5 Å². The molecule has 1 N–H and O–H groups in total. The van der Waals surface area contributed by atoms with Crippen LogP contribution in [0.5, 0.6) is 0 Å². The van der Waals surface area contributed by atoms with Gasteiger partial charge in [-0.25, -0.2) is 0 Å². The molecule has 17 heavy (non-hydrogen) atoms. The molecule has 0 aliphatic carbocycles. The molecule has 0 saturated heterocycles. The van der Waals surface area contributed by atoms with Crippen LogP contribution < -0.4 is 40.1 Å². The van der Waals surface area contributed by atoms with E-state index in [-0.39, 0.29) is 41.3 Å². The van der Waals surface area contributed by atoms with Gasteiger partial charge in [-0.3, -0.25) is 0 Å². The summed E-state index contributed by atoms with van der Waals surface area (Å²) in [7, 11) is 0. The van der Waals surface area contributed by atoms with Crippen LogP contribution in [-0.2, 0) is 11.2 Å². The van der Waals surface area contributed by atoms with Crippen LogP contribution in [0.2, 0.25) is 0 Å². The Bertz CT molecular complexity index is 379. The predicted octanol–water partition coefficient (Wildman–Crippen LogP) is -2.66. The molecular formula is C12H15N2NaO2. The standard InChI is InChI=1S/C12H16N2O2.Na/c1-9(13-14-10(2)12(15)16)8-11-6-4-3-5-7-11;/h3-7,9,13H,8H2,1-2H3,(H,15,16);/q;+1/p-1/b14-10+;. The fourth-order valence-corrected chi connectivity index (χ4v) is 1.27. The monoisotopic (exact) mass is 242 g/mol. The van der Waals surface area contributed by atoms with Crippen molar-refractivity contribution in [3.05, 3.63) is 35.9 Å². The van der Waals surface area contributed by atoms with Crippen molar-refractivity contribution in [3.8, 4) is 0 Å². The van der Waals surface area contributed by atoms with E-state index < -0.39 is 5.97 Å². The third-order valence-corrected chi connectivity index (χ3v) is 2.13. The number of carboxylic acids is 1. The maximum absolute atomic E-state index is 10.4. The van der Waals surface area contributed by atoms with E-state index in [1.165, 1.54) is 12.5 Å². The van der Waals surface area contributed by atoms with Crippen LogP contribution in [0.3, 0.4) is 0 Å². The third kappa shape index (κ3) is 6.46. The molecule has 0 aliphatic heterocycles. The third-order valence-electron chi connectivity index (χ3n) is 2.13. The fourth-order valence-electron chi connectivity index (χ4n) is 1.27. The predicted molar refractivity (Wildman–Crippen MR) is 60.9 cm³/mol. The van der Waals surface area contributed by atoms with Gasteiger partial charge >= 0.3 is 29.6 Å². The summed E-state index contributed by atoms with van der Waals surface area (Å²) in [5.41, 5.74) is 3.92. The van der Waals surface area contributed by atoms with Gasteiger partial charge in [0.15, 0.2) is 0 Å². The average Bonchev–Trinajstić information content (AvgIpc) is 2.27. The van der Waals surface area contributed by atoms with Crippen LogP contribution in [0.15, 0.2) is 35.4 Å². The smallest absolute Gasteiger partial charge is 0.543 e. The van der Waals surface area contributed by atoms with E-state index in [1.54, 1.807) is 0 Å². The molecule has 1 rings (SSSR count). The minimum atomic E-state index is -1.25. The molecule has 1 atom stereocenters. The number of carbonyl (C=O) groups is 1. The van der Waals surface area contributed by atoms with Crippen molar-refractivity contribution in [1.82, 2.24) is 5.43 Å². The van der Waals surface area contributed by atoms with Crippen molar-refractivity contribution in [3.63, 3.8) is 0 Å². The summed E-state index contributed by atoms with van der Waals surface area (Å²) in [5, 5.41) is 14.1. The van der Waals surface area contributed by atoms with Crippen LogP contribution in [-0.4, -0.2) is 17.7 Å². The van der Waals surface area contributed by atoms with Crippen molar-refractivity contribution in [1.29, 1.82) is 0 Å². The number of carboxylic acid groups (broad SMARTS) is 1. The molecule has 86 valence electrons. The zero-order valence-electron chi connectivity index (χ0n) is 10.4. The minimum Gasteiger partial charge on any atom is -0.543 e. The Labute approximate surface area is 123 Å². The SMILES string of the molecule is C/C(=N\NC(C)Cc1ccccc1)C(=O)[O-].[Na+]. The summed E-state index contributed by atoms with van der Waals surface area (Å²) in [6.07, 6.45) is 0.796. The Morgan fingerprint density at radius 1 is 1.41 bits per heavy atom. The quantitative estimate of drug-likeness (QED) is 0.348. The summed E-state index contributed by atoms with van der Waals surface area (Å²) in [6.45, 7) is 3.34. The molecule has 0 fully saturated rings. The van der Waals surface area contributed by atoms with Gasteiger partial charge < -0.3 is 15.3 Å². The summed E-state index contributed by atoms with van der Waals surface area (Å²) in [4.78, 5) is 10.4. The zero-order valence-corrected chi connectivity index (χ0v) is 12.4. The summed E-state index contributed by atoms with van der Waals surface area (Å²) in [5.74, 6) is -1.25. The maximum atomic E-state index is 10.4. The van der Waals surface area contributed by atoms with Gasteiger partial charge in [-0.2, -0.15) is 5.10 Å². The van der Waals surface area contributed by atoms with Gasteiger partial charge in [-0.05, 0) is 25.8 Å². The normalized spacial score (nSPS) is 12.5. The molecular weight excluding hydrogens is 227 g/mol. The molecule has 0 aliphatic rings. The van der Waals surface area contributed by atoms with E-state index in [0.717, 1.165) is 6.42 Å². The van der Waals surface area contributed by atoms with Gasteiger partial charge in [-0.1, -0.05) is 30.3 Å². The topological polar surface area (TPSA) is 64.5 Å². The number of nitrogens with zero attached hydrogens (tertiary/aromatic N) is 1. The van der Waals surface area contributed by atoms with Crippen molar-refractivity contribution in [2.45, 2.75) is 26.3 Å². The number of benzene rings is 1. The van der Waals surface area contributed by atoms with Crippen molar-refractivity contribution in [2.24, 2.45) is 5.10 Å². The first-order chi connectivity index (χ1) is 7.59. The second kappa shape index (κ2) is 8.28. The van der Waals surface area contributed by atoms with Crippen LogP contribution in [0, 0.1) is 0 Å². The minimum absolute atomic E-state index is 0. The van der Waals surface area contributed by atoms with Gasteiger partial charge in [0.05, 0.1) is 11.7 Å². The number of rotatable bonds is 5. The summed E-state index contributed by atoms with van der Waals surface area (Å²) < 4.78 is 0. The number of hydrogen-bond acceptors (Lipinski definition) is 4. The molecule has 0 spiro atoms. The first kappa shape index (κ1) is 16.2. The Hall–Kier alpha value is -0.840. The second-order valence-electron chi connectivity index (χ2n) is 3.70. The number of aliphatic carboxylic acids is 1. The van der Waals surface area contributed by atoms with Crippen molar-refractivity contribution < 1.29 is 39.5 Å². The van der Waals surface area contributed by atoms with Crippen LogP contribution in [0.4, 0.5) is 0 Å². The van der Waals surface area contributed by atoms with Crippen molar-refractivity contribution >= 4 is 11.7 Å². The van der Waals surface area contributed by atoms with E-state index in [9.17, 15) is 9.90 Å². The van der Waals surface area contributed by atoms with E-state index >= 15 is 0 Å². The molecule has 0 aromatic heterocycles. The molecule has 4 nitrogen and oxygen atoms in total. The molecule has 0 radical (unpaired) electrons. The summed E-state index contributed by atoms with van der Waals surface area (Å²) in [6, 6.07) is 10.0. The zero-order chi connectivity index (χ0) is 12.0. The average molecular weight is 242 g/mol. The molecule has 5 heteroatoms. The largest absolute Gasteiger partial charge is 1.00 e. The van der Waals surface area contributed by atoms with Gasteiger partial charge in [0, 0.05) is 6.04 Å². The van der Waals surface area contributed by atoms with E-state index in [4.69, 9.17) is 0 Å². The van der Waals surface area contributed by atoms with Crippen LogP contribution >= 0.6 is 0 Å². The second-order valence-corrected chi connectivity index (χ2v) is 3.70. The Kier molecular flexibility index (Phi) is 7.87. The van der Waals surface area contributed by atoms with Gasteiger partial charge in [0.25, 0.3) is 0 Å². The number of hydrogen-bond donors (Lipinski definition) is 1.